The zero-order valence-corrected chi connectivity index (χ0v) is 12.2. The molecule has 0 saturated heterocycles. The molecular weight excluding hydrogens is 272 g/mol. The van der Waals surface area contributed by atoms with Crippen molar-refractivity contribution in [2.75, 3.05) is 7.05 Å². The molecule has 5 nitrogen and oxygen atoms in total. The second-order valence-corrected chi connectivity index (χ2v) is 5.06. The number of nitrogens with zero attached hydrogens (tertiary/aromatic N) is 3. The van der Waals surface area contributed by atoms with Gasteiger partial charge in [0, 0.05) is 43.5 Å². The van der Waals surface area contributed by atoms with E-state index >= 15 is 0 Å². The molecule has 0 atom stereocenters. The van der Waals surface area contributed by atoms with Crippen molar-refractivity contribution in [3.63, 3.8) is 0 Å². The molecule has 1 amide bonds. The maximum atomic E-state index is 12.3. The molecule has 0 unspecified atom stereocenters. The third kappa shape index (κ3) is 3.21. The Labute approximate surface area is 123 Å². The van der Waals surface area contributed by atoms with E-state index in [0.29, 0.717) is 17.1 Å². The summed E-state index contributed by atoms with van der Waals surface area (Å²) in [6.45, 7) is 0.518. The number of rotatable bonds is 4. The van der Waals surface area contributed by atoms with Gasteiger partial charge in [-0.15, -0.1) is 0 Å². The van der Waals surface area contributed by atoms with Crippen LogP contribution in [0, 0.1) is 0 Å². The van der Waals surface area contributed by atoms with Crippen LogP contribution in [0.3, 0.4) is 0 Å². The predicted octanol–water partition coefficient (Wildman–Crippen LogP) is 1.33. The minimum Gasteiger partial charge on any atom is -0.389 e. The van der Waals surface area contributed by atoms with E-state index in [0.717, 1.165) is 11.1 Å². The Balaban J connectivity index is 2.08. The highest BCUT2D eigenvalue weighted by Crippen LogP contribution is 2.09. The van der Waals surface area contributed by atoms with Crippen LogP contribution < -0.4 is 5.73 Å². The first-order valence-corrected chi connectivity index (χ1v) is 6.51. The van der Waals surface area contributed by atoms with Crippen molar-refractivity contribution in [2.24, 2.45) is 12.8 Å². The fourth-order valence-electron chi connectivity index (χ4n) is 1.90. The van der Waals surface area contributed by atoms with Gasteiger partial charge in [-0.1, -0.05) is 24.4 Å². The molecule has 0 aliphatic rings. The molecule has 0 fully saturated rings. The normalized spacial score (nSPS) is 10.3. The smallest absolute Gasteiger partial charge is 0.253 e. The van der Waals surface area contributed by atoms with Gasteiger partial charge in [0.2, 0.25) is 0 Å². The molecule has 0 saturated carbocycles. The van der Waals surface area contributed by atoms with E-state index in [9.17, 15) is 4.79 Å². The number of nitrogens with two attached hydrogens (primary N) is 1. The van der Waals surface area contributed by atoms with E-state index in [2.05, 4.69) is 5.10 Å². The number of carbonyl (C=O) groups excluding carboxylic acids is 1. The zero-order valence-electron chi connectivity index (χ0n) is 11.4. The molecule has 1 aromatic heterocycles. The second kappa shape index (κ2) is 5.83. The van der Waals surface area contributed by atoms with Gasteiger partial charge in [0.1, 0.15) is 4.99 Å². The number of amides is 1. The Bertz CT molecular complexity index is 633. The molecule has 1 heterocycles. The fourth-order valence-corrected chi connectivity index (χ4v) is 2.03. The number of aromatic nitrogens is 2. The molecule has 0 bridgehead atoms. The first-order valence-electron chi connectivity index (χ1n) is 6.10. The number of thiocarbonyl (C=S) groups is 1. The molecule has 0 aliphatic carbocycles. The van der Waals surface area contributed by atoms with E-state index in [1.165, 1.54) is 0 Å². The number of hydrogen-bond acceptors (Lipinski definition) is 3. The lowest BCUT2D eigenvalue weighted by Crippen LogP contribution is -2.26. The summed E-state index contributed by atoms with van der Waals surface area (Å²) in [4.78, 5) is 14.2. The highest BCUT2D eigenvalue weighted by Gasteiger charge is 2.12. The minimum atomic E-state index is -0.0525. The summed E-state index contributed by atoms with van der Waals surface area (Å²) in [5.74, 6) is -0.0525. The lowest BCUT2D eigenvalue weighted by Gasteiger charge is -2.16. The molecule has 2 rings (SSSR count). The molecule has 2 N–H and O–H groups in total. The first-order chi connectivity index (χ1) is 9.47. The standard InChI is InChI=1S/C14H16N4OS/c1-17(8-10-7-16-18(2)9-10)14(19)12-5-3-11(4-6-12)13(15)20/h3-7,9H,8H2,1-2H3,(H2,15,20). The van der Waals surface area contributed by atoms with Crippen LogP contribution >= 0.6 is 12.2 Å². The summed E-state index contributed by atoms with van der Waals surface area (Å²) in [6, 6.07) is 6.98. The second-order valence-electron chi connectivity index (χ2n) is 4.63. The van der Waals surface area contributed by atoms with Crippen molar-refractivity contribution in [3.05, 3.63) is 53.3 Å². The van der Waals surface area contributed by atoms with Gasteiger partial charge >= 0.3 is 0 Å². The van der Waals surface area contributed by atoms with Crippen molar-refractivity contribution in [1.82, 2.24) is 14.7 Å². The number of carbonyl (C=O) groups is 1. The molecule has 2 aromatic rings. The first kappa shape index (κ1) is 14.2. The Hall–Kier alpha value is -2.21. The summed E-state index contributed by atoms with van der Waals surface area (Å²) in [7, 11) is 3.61. The maximum Gasteiger partial charge on any atom is 0.253 e. The molecule has 104 valence electrons. The van der Waals surface area contributed by atoms with Gasteiger partial charge in [0.15, 0.2) is 0 Å². The summed E-state index contributed by atoms with van der Waals surface area (Å²) < 4.78 is 1.71. The van der Waals surface area contributed by atoms with Crippen molar-refractivity contribution >= 4 is 23.1 Å². The SMILES string of the molecule is CN(Cc1cnn(C)c1)C(=O)c1ccc(C(N)=S)cc1. The van der Waals surface area contributed by atoms with Gasteiger partial charge in [0.25, 0.3) is 5.91 Å². The summed E-state index contributed by atoms with van der Waals surface area (Å²) in [5.41, 5.74) is 7.88. The number of benzene rings is 1. The van der Waals surface area contributed by atoms with Crippen molar-refractivity contribution < 1.29 is 4.79 Å². The average Bonchev–Trinajstić information content (AvgIpc) is 2.83. The van der Waals surface area contributed by atoms with Crippen molar-refractivity contribution in [3.8, 4) is 0 Å². The summed E-state index contributed by atoms with van der Waals surface area (Å²) in [6.07, 6.45) is 3.64. The maximum absolute atomic E-state index is 12.3. The molecular formula is C14H16N4OS. The largest absolute Gasteiger partial charge is 0.389 e. The van der Waals surface area contributed by atoms with E-state index in [-0.39, 0.29) is 5.91 Å². The Morgan fingerprint density at radius 2 is 1.95 bits per heavy atom. The Morgan fingerprint density at radius 1 is 1.35 bits per heavy atom. The lowest BCUT2D eigenvalue weighted by molar-refractivity contribution is 0.0785. The third-order valence-corrected chi connectivity index (χ3v) is 3.18. The highest BCUT2D eigenvalue weighted by atomic mass is 32.1. The van der Waals surface area contributed by atoms with E-state index < -0.39 is 0 Å². The van der Waals surface area contributed by atoms with E-state index in [4.69, 9.17) is 18.0 Å². The van der Waals surface area contributed by atoms with Crippen LogP contribution in [-0.2, 0) is 13.6 Å². The van der Waals surface area contributed by atoms with Crippen LogP contribution in [0.1, 0.15) is 21.5 Å². The van der Waals surface area contributed by atoms with Crippen LogP contribution in [0.2, 0.25) is 0 Å². The van der Waals surface area contributed by atoms with Gasteiger partial charge in [-0.2, -0.15) is 5.10 Å². The van der Waals surface area contributed by atoms with Crippen LogP contribution in [0.4, 0.5) is 0 Å². The van der Waals surface area contributed by atoms with Crippen LogP contribution in [-0.4, -0.2) is 32.6 Å². The molecule has 6 heteroatoms. The van der Waals surface area contributed by atoms with Crippen LogP contribution in [0.5, 0.6) is 0 Å². The fraction of sp³-hybridized carbons (Fsp3) is 0.214. The molecule has 20 heavy (non-hydrogen) atoms. The highest BCUT2D eigenvalue weighted by molar-refractivity contribution is 7.80. The quantitative estimate of drug-likeness (QED) is 0.862. The van der Waals surface area contributed by atoms with Crippen LogP contribution in [0.25, 0.3) is 0 Å². The minimum absolute atomic E-state index is 0.0525. The topological polar surface area (TPSA) is 64.2 Å². The Morgan fingerprint density at radius 3 is 2.45 bits per heavy atom. The van der Waals surface area contributed by atoms with E-state index in [1.54, 1.807) is 47.1 Å². The van der Waals surface area contributed by atoms with Gasteiger partial charge in [0.05, 0.1) is 6.20 Å². The summed E-state index contributed by atoms with van der Waals surface area (Å²) in [5, 5.41) is 4.08. The monoisotopic (exact) mass is 288 g/mol. The van der Waals surface area contributed by atoms with Gasteiger partial charge < -0.3 is 10.6 Å². The van der Waals surface area contributed by atoms with Gasteiger partial charge in [-0.3, -0.25) is 9.48 Å². The Kier molecular flexibility index (Phi) is 4.14. The molecule has 0 spiro atoms. The molecule has 0 aliphatic heterocycles. The van der Waals surface area contributed by atoms with Gasteiger partial charge in [-0.05, 0) is 12.1 Å². The predicted molar refractivity (Wildman–Crippen MR) is 81.3 cm³/mol. The van der Waals surface area contributed by atoms with Crippen LogP contribution in [0.15, 0.2) is 36.7 Å². The van der Waals surface area contributed by atoms with Crippen molar-refractivity contribution in [1.29, 1.82) is 0 Å². The lowest BCUT2D eigenvalue weighted by atomic mass is 10.1. The zero-order chi connectivity index (χ0) is 14.7. The summed E-state index contributed by atoms with van der Waals surface area (Å²) >= 11 is 4.88. The average molecular weight is 288 g/mol. The molecule has 1 aromatic carbocycles. The number of hydrogen-bond donors (Lipinski definition) is 1. The molecule has 0 radical (unpaired) electrons. The third-order valence-electron chi connectivity index (χ3n) is 2.94. The number of aryl methyl sites for hydroxylation is 1. The van der Waals surface area contributed by atoms with E-state index in [1.807, 2.05) is 13.2 Å². The van der Waals surface area contributed by atoms with Crippen molar-refractivity contribution in [2.45, 2.75) is 6.54 Å². The van der Waals surface area contributed by atoms with Gasteiger partial charge in [-0.25, -0.2) is 0 Å².